The van der Waals surface area contributed by atoms with E-state index < -0.39 is 266 Å². The van der Waals surface area contributed by atoms with Crippen molar-refractivity contribution in [1.29, 1.82) is 0 Å². The summed E-state index contributed by atoms with van der Waals surface area (Å²) in [6.45, 7) is 7.30. The first kappa shape index (κ1) is 107. The normalized spacial score (nSPS) is 14.4. The zero-order valence-corrected chi connectivity index (χ0v) is 73.9. The fraction of sp³-hybridized carbons (Fsp3) is 0.477. The number of carbonyl (C=O) groups is 19. The van der Waals surface area contributed by atoms with Gasteiger partial charge in [0.1, 0.15) is 78.5 Å². The van der Waals surface area contributed by atoms with E-state index in [0.29, 0.717) is 33.2 Å². The number of nitrogens with two attached hydrogens (primary N) is 3. The molecule has 0 fully saturated rings. The number of nitrogens with one attached hydrogen (secondary N) is 15. The number of H-pyrrole nitrogens is 1. The summed E-state index contributed by atoms with van der Waals surface area (Å²) in [5.41, 5.74) is 19.8. The Bertz CT molecular complexity index is 4680. The van der Waals surface area contributed by atoms with Gasteiger partial charge < -0.3 is 117 Å². The van der Waals surface area contributed by atoms with Gasteiger partial charge in [0.25, 0.3) is 0 Å². The minimum Gasteiger partial charge on any atom is -0.481 e. The number of thiol groups is 2. The number of para-hydroxylation sites is 1. The summed E-state index contributed by atoms with van der Waals surface area (Å²) < 4.78 is 0. The van der Waals surface area contributed by atoms with Gasteiger partial charge in [-0.3, -0.25) is 86.3 Å². The number of aromatic amines is 1. The van der Waals surface area contributed by atoms with Crippen LogP contribution >= 0.6 is 25.3 Å². The molecule has 43 heteroatoms. The quantitative estimate of drug-likeness (QED) is 0.0146. The highest BCUT2D eigenvalue weighted by Gasteiger charge is 2.39. The highest BCUT2D eigenvalue weighted by molar-refractivity contribution is 7.80. The number of carbonyl (C=O) groups excluding carboxylic acids is 15. The molecular weight excluding hydrogens is 1720 g/mol. The lowest BCUT2D eigenvalue weighted by molar-refractivity contribution is -0.142. The lowest BCUT2D eigenvalue weighted by Gasteiger charge is -2.28. The topological polar surface area (TPSA) is 668 Å². The molecule has 0 aliphatic heterocycles. The number of unbranched alkanes of at least 4 members (excludes halogenated alkanes) is 1. The molecule has 0 saturated heterocycles. The van der Waals surface area contributed by atoms with Crippen molar-refractivity contribution in [3.05, 3.63) is 144 Å². The van der Waals surface area contributed by atoms with Crippen molar-refractivity contribution in [3.8, 4) is 0 Å². The molecule has 4 aromatic carbocycles. The van der Waals surface area contributed by atoms with Crippen LogP contribution in [0.5, 0.6) is 0 Å². The third-order valence-electron chi connectivity index (χ3n) is 20.1. The maximum Gasteiger partial charge on any atom is 0.326 e. The van der Waals surface area contributed by atoms with Crippen LogP contribution in [-0.4, -0.2) is 247 Å². The molecule has 0 saturated carbocycles. The molecule has 0 radical (unpaired) electrons. The predicted octanol–water partition coefficient (Wildman–Crippen LogP) is -2.16. The molecular formula is C86H118N18O23S2. The van der Waals surface area contributed by atoms with E-state index in [9.17, 15) is 106 Å². The smallest absolute Gasteiger partial charge is 0.326 e. The Balaban J connectivity index is 1.36. The van der Waals surface area contributed by atoms with Crippen molar-refractivity contribution in [3.63, 3.8) is 0 Å². The Morgan fingerprint density at radius 2 is 0.713 bits per heavy atom. The van der Waals surface area contributed by atoms with E-state index in [1.165, 1.54) is 6.92 Å². The maximum absolute atomic E-state index is 14.9. The lowest BCUT2D eigenvalue weighted by atomic mass is 10.0. The van der Waals surface area contributed by atoms with Gasteiger partial charge in [-0.15, -0.1) is 0 Å². The molecule has 41 nitrogen and oxygen atoms in total. The minimum atomic E-state index is -1.77. The number of carboxylic acid groups (broad SMARTS) is 4. The zero-order chi connectivity index (χ0) is 95.6. The van der Waals surface area contributed by atoms with Crippen molar-refractivity contribution in [2.45, 2.75) is 222 Å². The largest absolute Gasteiger partial charge is 0.481 e. The zero-order valence-electron chi connectivity index (χ0n) is 72.1. The van der Waals surface area contributed by atoms with Gasteiger partial charge in [-0.05, 0) is 105 Å². The van der Waals surface area contributed by atoms with Crippen LogP contribution in [0.2, 0.25) is 0 Å². The lowest BCUT2D eigenvalue weighted by Crippen LogP contribution is -2.62. The van der Waals surface area contributed by atoms with Crippen molar-refractivity contribution < 1.29 is 112 Å². The van der Waals surface area contributed by atoms with Gasteiger partial charge in [-0.1, -0.05) is 137 Å². The first-order chi connectivity index (χ1) is 61.2. The second-order valence-corrected chi connectivity index (χ2v) is 32.4. The maximum atomic E-state index is 14.9. The molecule has 0 aliphatic carbocycles. The first-order valence-corrected chi connectivity index (χ1v) is 43.2. The number of rotatable bonds is 58. The van der Waals surface area contributed by atoms with Crippen molar-refractivity contribution in [2.75, 3.05) is 24.6 Å². The van der Waals surface area contributed by atoms with Gasteiger partial charge >= 0.3 is 23.9 Å². The van der Waals surface area contributed by atoms with Gasteiger partial charge in [-0.25, -0.2) is 4.79 Å². The molecule has 0 spiro atoms. The Kier molecular flexibility index (Phi) is 45.3. The van der Waals surface area contributed by atoms with E-state index >= 15 is 0 Å². The summed E-state index contributed by atoms with van der Waals surface area (Å²) in [6, 6.07) is 9.84. The Morgan fingerprint density at radius 1 is 0.364 bits per heavy atom. The van der Waals surface area contributed by atoms with Gasteiger partial charge in [0, 0.05) is 73.6 Å². The molecule has 702 valence electrons. The fourth-order valence-corrected chi connectivity index (χ4v) is 13.8. The number of carboxylic acids is 4. The molecule has 5 rings (SSSR count). The molecule has 0 bridgehead atoms. The highest BCUT2D eigenvalue weighted by atomic mass is 32.1. The fourth-order valence-electron chi connectivity index (χ4n) is 13.3. The third kappa shape index (κ3) is 38.2. The summed E-state index contributed by atoms with van der Waals surface area (Å²) in [4.78, 5) is 262. The van der Waals surface area contributed by atoms with E-state index in [1.54, 1.807) is 149 Å². The summed E-state index contributed by atoms with van der Waals surface area (Å²) in [5.74, 6) is -22.1. The van der Waals surface area contributed by atoms with Crippen LogP contribution in [0, 0.1) is 11.8 Å². The van der Waals surface area contributed by atoms with E-state index in [-0.39, 0.29) is 70.3 Å². The van der Waals surface area contributed by atoms with Crippen LogP contribution in [0.25, 0.3) is 10.9 Å². The van der Waals surface area contributed by atoms with Gasteiger partial charge in [0.2, 0.25) is 88.6 Å². The molecule has 15 amide bonds. The first-order valence-electron chi connectivity index (χ1n) is 41.9. The van der Waals surface area contributed by atoms with E-state index in [1.807, 2.05) is 0 Å². The molecule has 5 aromatic rings. The van der Waals surface area contributed by atoms with Crippen LogP contribution in [-0.2, 0) is 117 Å². The van der Waals surface area contributed by atoms with Gasteiger partial charge in [0.15, 0.2) is 0 Å². The second kappa shape index (κ2) is 54.9. The van der Waals surface area contributed by atoms with Crippen LogP contribution in [0.3, 0.4) is 0 Å². The average molecular weight is 1840 g/mol. The Morgan fingerprint density at radius 3 is 1.12 bits per heavy atom. The number of amides is 15. The van der Waals surface area contributed by atoms with Crippen molar-refractivity contribution >= 4 is 149 Å². The van der Waals surface area contributed by atoms with Gasteiger partial charge in [-0.2, -0.15) is 25.3 Å². The molecule has 0 unspecified atom stereocenters. The second-order valence-electron chi connectivity index (χ2n) is 31.7. The Labute approximate surface area is 755 Å². The molecule has 25 N–H and O–H groups in total. The minimum absolute atomic E-state index is 0.0238. The predicted molar refractivity (Wildman–Crippen MR) is 476 cm³/mol. The average Bonchev–Trinajstić information content (AvgIpc) is 1.66. The van der Waals surface area contributed by atoms with Crippen molar-refractivity contribution in [2.24, 2.45) is 29.0 Å². The number of fused-ring (bicyclic) bond motifs is 1. The monoisotopic (exact) mass is 1830 g/mol. The van der Waals surface area contributed by atoms with E-state index in [4.69, 9.17) is 22.3 Å². The van der Waals surface area contributed by atoms with Crippen LogP contribution in [0.4, 0.5) is 0 Å². The summed E-state index contributed by atoms with van der Waals surface area (Å²) >= 11 is 8.73. The standard InChI is InChI=1S/C86H118N18O23S2/c1-46(2)35-60(98-74(114)54(88)41-72(111)112)79(119)92-48(5)73(113)94-58(28-31-68(89)105)78(118)103-66(44-128)84(124)102-63(38-50-21-11-7-12-22-50)82(122)100-64(39-51-23-13-8-14-24-51)83(123)104-67(45-129)85(125)101-62(37-49-19-9-6-10-20-49)81(121)95-56(27-17-18-34-87)76(116)97-59(30-33-71(109)110)77(117)99-61(36-47(3)4)80(120)96-57(29-32-70(107)108)75(115)91-43-69(106)93-65(86(126)127)40-52-42-90-55-26-16-15-25-53(52)55/h6-16,19-26,42,46-48,54,56-67,90,128-129H,17-18,27-41,43-45,87-88H2,1-5H3,(H2,89,105)(H,91,115)(H,92,119)(H,93,106)(H,94,113)(H,95,121)(H,96,120)(H,97,116)(H,98,114)(H,99,117)(H,100,122)(H,101,125)(H,102,124)(H,103,118)(H,104,123)(H,107,108)(H,109,110)(H,111,112)(H,126,127)/t48-,54-,56-,57-,58-,59-,60-,61-,62-,63-,64-,65-,66-,67-/m0/s1. The van der Waals surface area contributed by atoms with Crippen LogP contribution < -0.4 is 91.6 Å². The van der Waals surface area contributed by atoms with Crippen molar-refractivity contribution in [1.82, 2.24) is 79.4 Å². The number of aliphatic carboxylic acids is 4. The molecule has 1 heterocycles. The van der Waals surface area contributed by atoms with Gasteiger partial charge in [0.05, 0.1) is 19.0 Å². The number of aromatic nitrogens is 1. The Hall–Kier alpha value is -13.0. The summed E-state index contributed by atoms with van der Waals surface area (Å²) in [7, 11) is 0. The van der Waals surface area contributed by atoms with E-state index in [0.717, 1.165) is 0 Å². The van der Waals surface area contributed by atoms with E-state index in [2.05, 4.69) is 105 Å². The number of hydrogen-bond donors (Lipinski definition) is 24. The SMILES string of the molecule is CC(C)C[C@H](NC(=O)[C@H](CCC(=O)O)NC(=O)[C@H](CCCCN)NC(=O)[C@H](Cc1ccccc1)NC(=O)[C@H](CS)NC(=O)[C@H](Cc1ccccc1)NC(=O)[C@H](Cc1ccccc1)NC(=O)[C@H](CS)NC(=O)[C@H](CCC(N)=O)NC(=O)[C@H](C)NC(=O)[C@H](CC(C)C)NC(=O)[C@@H](N)CC(=O)O)C(=O)N[C@@H](CCC(=O)O)C(=O)NCC(=O)N[C@@H](Cc1c[nH]c2ccccc12)C(=O)O. The molecule has 14 atom stereocenters. The number of primary amides is 1. The summed E-state index contributed by atoms with van der Waals surface area (Å²) in [6.07, 6.45) is -3.50. The highest BCUT2D eigenvalue weighted by Crippen LogP contribution is 2.21. The molecule has 129 heavy (non-hydrogen) atoms. The number of hydrogen-bond acceptors (Lipinski definition) is 23. The summed E-state index contributed by atoms with van der Waals surface area (Å²) in [5, 5.41) is 74.4. The third-order valence-corrected chi connectivity index (χ3v) is 20.9. The van der Waals surface area contributed by atoms with Crippen LogP contribution in [0.15, 0.2) is 121 Å². The molecule has 0 aliphatic rings. The molecule has 1 aromatic heterocycles. The van der Waals surface area contributed by atoms with Crippen LogP contribution in [0.1, 0.15) is 134 Å². The number of benzene rings is 4.